The summed E-state index contributed by atoms with van der Waals surface area (Å²) in [6.07, 6.45) is 4.94. The van der Waals surface area contributed by atoms with Gasteiger partial charge in [-0.15, -0.1) is 0 Å². The number of amides is 1. The number of anilines is 1. The maximum absolute atomic E-state index is 12.3. The standard InChI is InChI=1S/C20H25N5O3/c1-20(2,3)15-5-7-17(8-6-15)28-14-24-10-9-18(23-24)19(26)22-16-11-21-25(12-16)13-27-4/h5-12H,13-14H2,1-4H3,(H,22,26). The Kier molecular flexibility index (Phi) is 5.79. The Labute approximate surface area is 164 Å². The summed E-state index contributed by atoms with van der Waals surface area (Å²) in [5.41, 5.74) is 2.22. The van der Waals surface area contributed by atoms with Crippen molar-refractivity contribution in [2.24, 2.45) is 0 Å². The second-order valence-corrected chi connectivity index (χ2v) is 7.43. The van der Waals surface area contributed by atoms with Gasteiger partial charge >= 0.3 is 0 Å². The van der Waals surface area contributed by atoms with E-state index in [1.54, 1.807) is 41.1 Å². The highest BCUT2D eigenvalue weighted by Crippen LogP contribution is 2.24. The minimum Gasteiger partial charge on any atom is -0.471 e. The van der Waals surface area contributed by atoms with Crippen molar-refractivity contribution in [3.05, 3.63) is 60.2 Å². The SMILES string of the molecule is COCn1cc(NC(=O)c2ccn(COc3ccc(C(C)(C)C)cc3)n2)cn1. The van der Waals surface area contributed by atoms with E-state index in [4.69, 9.17) is 9.47 Å². The van der Waals surface area contributed by atoms with E-state index < -0.39 is 0 Å². The van der Waals surface area contributed by atoms with Crippen molar-refractivity contribution < 1.29 is 14.3 Å². The number of nitrogens with zero attached hydrogens (tertiary/aromatic N) is 4. The molecule has 2 heterocycles. The molecule has 3 aromatic rings. The lowest BCUT2D eigenvalue weighted by atomic mass is 9.87. The smallest absolute Gasteiger partial charge is 0.276 e. The molecule has 0 saturated carbocycles. The summed E-state index contributed by atoms with van der Waals surface area (Å²) in [7, 11) is 1.58. The average Bonchev–Trinajstić information content (AvgIpc) is 3.29. The first-order valence-corrected chi connectivity index (χ1v) is 8.95. The van der Waals surface area contributed by atoms with E-state index in [1.807, 2.05) is 12.1 Å². The fourth-order valence-electron chi connectivity index (χ4n) is 2.57. The van der Waals surface area contributed by atoms with Gasteiger partial charge in [-0.3, -0.25) is 4.79 Å². The zero-order chi connectivity index (χ0) is 20.1. The Hall–Kier alpha value is -3.13. The fraction of sp³-hybridized carbons (Fsp3) is 0.350. The molecule has 0 saturated heterocycles. The van der Waals surface area contributed by atoms with Crippen LogP contribution in [0, 0.1) is 0 Å². The molecule has 0 aliphatic heterocycles. The van der Waals surface area contributed by atoms with Crippen LogP contribution in [0.2, 0.25) is 0 Å². The van der Waals surface area contributed by atoms with Crippen LogP contribution in [-0.4, -0.2) is 32.6 Å². The molecule has 0 unspecified atom stereocenters. The Morgan fingerprint density at radius 3 is 2.54 bits per heavy atom. The lowest BCUT2D eigenvalue weighted by Gasteiger charge is -2.19. The van der Waals surface area contributed by atoms with Gasteiger partial charge in [-0.25, -0.2) is 9.36 Å². The Morgan fingerprint density at radius 2 is 1.86 bits per heavy atom. The van der Waals surface area contributed by atoms with Gasteiger partial charge in [0.05, 0.1) is 18.1 Å². The molecule has 1 N–H and O–H groups in total. The van der Waals surface area contributed by atoms with E-state index >= 15 is 0 Å². The highest BCUT2D eigenvalue weighted by atomic mass is 16.5. The second-order valence-electron chi connectivity index (χ2n) is 7.43. The first kappa shape index (κ1) is 19.6. The van der Waals surface area contributed by atoms with Crippen molar-refractivity contribution in [1.29, 1.82) is 0 Å². The quantitative estimate of drug-likeness (QED) is 0.677. The lowest BCUT2D eigenvalue weighted by molar-refractivity contribution is 0.102. The maximum atomic E-state index is 12.3. The van der Waals surface area contributed by atoms with Gasteiger partial charge in [0.2, 0.25) is 0 Å². The molecule has 0 radical (unpaired) electrons. The van der Waals surface area contributed by atoms with E-state index in [0.29, 0.717) is 18.1 Å². The molecule has 8 heteroatoms. The predicted molar refractivity (Wildman–Crippen MR) is 105 cm³/mol. The topological polar surface area (TPSA) is 83.2 Å². The molecule has 3 rings (SSSR count). The molecular weight excluding hydrogens is 358 g/mol. The largest absolute Gasteiger partial charge is 0.471 e. The number of benzene rings is 1. The van der Waals surface area contributed by atoms with Gasteiger partial charge in [0.15, 0.2) is 12.4 Å². The summed E-state index contributed by atoms with van der Waals surface area (Å²) >= 11 is 0. The van der Waals surface area contributed by atoms with E-state index in [1.165, 1.54) is 5.56 Å². The first-order chi connectivity index (χ1) is 13.3. The minimum absolute atomic E-state index is 0.100. The zero-order valence-corrected chi connectivity index (χ0v) is 16.5. The molecule has 0 aliphatic rings. The van der Waals surface area contributed by atoms with Gasteiger partial charge in [-0.05, 0) is 29.2 Å². The Morgan fingerprint density at radius 1 is 1.11 bits per heavy atom. The third kappa shape index (κ3) is 4.98. The van der Waals surface area contributed by atoms with Crippen molar-refractivity contribution in [1.82, 2.24) is 19.6 Å². The molecule has 0 aliphatic carbocycles. The zero-order valence-electron chi connectivity index (χ0n) is 16.5. The van der Waals surface area contributed by atoms with Crippen molar-refractivity contribution in [3.63, 3.8) is 0 Å². The van der Waals surface area contributed by atoms with Crippen LogP contribution in [0.5, 0.6) is 5.75 Å². The van der Waals surface area contributed by atoms with Crippen LogP contribution in [0.1, 0.15) is 36.8 Å². The molecule has 148 valence electrons. The molecule has 0 fully saturated rings. The highest BCUT2D eigenvalue weighted by Gasteiger charge is 2.13. The molecule has 8 nitrogen and oxygen atoms in total. The van der Waals surface area contributed by atoms with Gasteiger partial charge < -0.3 is 14.8 Å². The second kappa shape index (κ2) is 8.26. The van der Waals surface area contributed by atoms with Crippen LogP contribution < -0.4 is 10.1 Å². The number of methoxy groups -OCH3 is 1. The van der Waals surface area contributed by atoms with Crippen LogP contribution in [0.25, 0.3) is 0 Å². The summed E-state index contributed by atoms with van der Waals surface area (Å²) in [5.74, 6) is 0.435. The summed E-state index contributed by atoms with van der Waals surface area (Å²) in [6, 6.07) is 9.63. The summed E-state index contributed by atoms with van der Waals surface area (Å²) in [5, 5.41) is 11.1. The van der Waals surface area contributed by atoms with Gasteiger partial charge in [-0.1, -0.05) is 32.9 Å². The number of rotatable bonds is 7. The highest BCUT2D eigenvalue weighted by molar-refractivity contribution is 6.02. The molecule has 0 atom stereocenters. The van der Waals surface area contributed by atoms with Gasteiger partial charge in [0, 0.05) is 13.3 Å². The number of ether oxygens (including phenoxy) is 2. The molecule has 28 heavy (non-hydrogen) atoms. The van der Waals surface area contributed by atoms with Crippen LogP contribution >= 0.6 is 0 Å². The summed E-state index contributed by atoms with van der Waals surface area (Å²) in [6.45, 7) is 7.04. The van der Waals surface area contributed by atoms with E-state index in [9.17, 15) is 4.79 Å². The van der Waals surface area contributed by atoms with Crippen molar-refractivity contribution in [2.45, 2.75) is 39.6 Å². The molecule has 0 spiro atoms. The number of nitrogens with one attached hydrogen (secondary N) is 1. The van der Waals surface area contributed by atoms with E-state index in [2.05, 4.69) is 48.4 Å². The molecule has 1 amide bonds. The molecule has 2 aromatic heterocycles. The van der Waals surface area contributed by atoms with E-state index in [0.717, 1.165) is 5.75 Å². The fourth-order valence-corrected chi connectivity index (χ4v) is 2.57. The van der Waals surface area contributed by atoms with Crippen LogP contribution in [-0.2, 0) is 23.6 Å². The third-order valence-electron chi connectivity index (χ3n) is 4.11. The number of aromatic nitrogens is 4. The van der Waals surface area contributed by atoms with Gasteiger partial charge in [-0.2, -0.15) is 10.2 Å². The van der Waals surface area contributed by atoms with Crippen LogP contribution in [0.3, 0.4) is 0 Å². The van der Waals surface area contributed by atoms with Gasteiger partial charge in [0.25, 0.3) is 5.91 Å². The Bertz CT molecular complexity index is 922. The number of carbonyl (C=O) groups is 1. The lowest BCUT2D eigenvalue weighted by Crippen LogP contribution is -2.14. The van der Waals surface area contributed by atoms with Crippen molar-refractivity contribution in [2.75, 3.05) is 12.4 Å². The maximum Gasteiger partial charge on any atom is 0.276 e. The molecular formula is C20H25N5O3. The van der Waals surface area contributed by atoms with E-state index in [-0.39, 0.29) is 18.1 Å². The normalized spacial score (nSPS) is 11.4. The minimum atomic E-state index is -0.315. The predicted octanol–water partition coefficient (Wildman–Crippen LogP) is 3.27. The van der Waals surface area contributed by atoms with Crippen molar-refractivity contribution >= 4 is 11.6 Å². The number of hydrogen-bond donors (Lipinski definition) is 1. The summed E-state index contributed by atoms with van der Waals surface area (Å²) < 4.78 is 13.9. The molecule has 1 aromatic carbocycles. The third-order valence-corrected chi connectivity index (χ3v) is 4.11. The average molecular weight is 383 g/mol. The molecule has 0 bridgehead atoms. The van der Waals surface area contributed by atoms with Crippen LogP contribution in [0.4, 0.5) is 5.69 Å². The number of carbonyl (C=O) groups excluding carboxylic acids is 1. The van der Waals surface area contributed by atoms with Gasteiger partial charge in [0.1, 0.15) is 12.5 Å². The summed E-state index contributed by atoms with van der Waals surface area (Å²) in [4.78, 5) is 12.3. The van der Waals surface area contributed by atoms with Crippen molar-refractivity contribution in [3.8, 4) is 5.75 Å². The monoisotopic (exact) mass is 383 g/mol. The Balaban J connectivity index is 1.55. The van der Waals surface area contributed by atoms with Crippen LogP contribution in [0.15, 0.2) is 48.9 Å². The number of hydrogen-bond acceptors (Lipinski definition) is 5. The first-order valence-electron chi connectivity index (χ1n) is 8.95.